The van der Waals surface area contributed by atoms with Gasteiger partial charge in [-0.1, -0.05) is 0 Å². The minimum atomic E-state index is 0.931. The molecule has 0 aliphatic carbocycles. The summed E-state index contributed by atoms with van der Waals surface area (Å²) in [5.74, 6) is 0. The van der Waals surface area contributed by atoms with Crippen LogP contribution < -0.4 is 0 Å². The predicted octanol–water partition coefficient (Wildman–Crippen LogP) is 1.47. The molecule has 13 heavy (non-hydrogen) atoms. The monoisotopic (exact) mass is 177 g/mol. The number of hydrogen-bond acceptors (Lipinski definition) is 2. The van der Waals surface area contributed by atoms with E-state index in [0.717, 1.165) is 19.8 Å². The Hall–Kier alpha value is 0.517. The third-order valence-corrected chi connectivity index (χ3v) is 2.64. The molecule has 0 bridgehead atoms. The fraction of sp³-hybridized carbons (Fsp3) is 1.00. The van der Waals surface area contributed by atoms with Crippen LogP contribution in [0.1, 0.15) is 25.7 Å². The molecule has 0 aromatic rings. The summed E-state index contributed by atoms with van der Waals surface area (Å²) in [5, 5.41) is 1.24. The summed E-state index contributed by atoms with van der Waals surface area (Å²) in [6, 6.07) is 0. The van der Waals surface area contributed by atoms with Gasteiger partial charge in [-0.15, -0.1) is 0 Å². The number of likely N-dealkylation sites (tertiary alicyclic amines) is 1. The first-order chi connectivity index (χ1) is 6.43. The minimum absolute atomic E-state index is 0.931. The molecule has 2 nitrogen and oxygen atoms in total. The molecule has 0 unspecified atom stereocenters. The molecule has 1 fully saturated rings. The summed E-state index contributed by atoms with van der Waals surface area (Å²) >= 11 is 2.20. The topological polar surface area (TPSA) is 12.5 Å². The molecule has 0 N–H and O–H groups in total. The van der Waals surface area contributed by atoms with Crippen molar-refractivity contribution in [2.75, 3.05) is 32.8 Å². The van der Waals surface area contributed by atoms with Crippen LogP contribution in [0.15, 0.2) is 0 Å². The maximum absolute atomic E-state index is 5.54. The molecule has 1 aliphatic heterocycles. The number of rotatable bonds is 6. The van der Waals surface area contributed by atoms with Crippen molar-refractivity contribution in [2.24, 2.45) is 0 Å². The van der Waals surface area contributed by atoms with Crippen LogP contribution in [-0.4, -0.2) is 55.5 Å². The van der Waals surface area contributed by atoms with E-state index < -0.39 is 0 Å². The van der Waals surface area contributed by atoms with Gasteiger partial charge >= 0.3 is 91.0 Å². The van der Waals surface area contributed by atoms with Gasteiger partial charge in [0.1, 0.15) is 0 Å². The van der Waals surface area contributed by atoms with Crippen molar-refractivity contribution in [2.45, 2.75) is 30.8 Å². The molecule has 0 atom stereocenters. The molecule has 0 saturated carbocycles. The van der Waals surface area contributed by atoms with Crippen LogP contribution in [0, 0.1) is 0 Å². The quantitative estimate of drug-likeness (QED) is 0.450. The van der Waals surface area contributed by atoms with Gasteiger partial charge in [-0.3, -0.25) is 0 Å². The standard InChI is InChI=1S/C10H20NO.Li/c1-2-9-12-10-8-11-6-4-3-5-7-11;/h1-10H2;. The molecule has 72 valence electrons. The normalized spacial score (nSPS) is 19.2. The number of piperidine rings is 1. The van der Waals surface area contributed by atoms with E-state index in [1.54, 1.807) is 0 Å². The van der Waals surface area contributed by atoms with Crippen molar-refractivity contribution >= 4 is 17.7 Å². The van der Waals surface area contributed by atoms with Crippen molar-refractivity contribution in [3.63, 3.8) is 0 Å². The summed E-state index contributed by atoms with van der Waals surface area (Å²) in [4.78, 5) is 2.52. The second-order valence-electron chi connectivity index (χ2n) is 3.87. The SMILES string of the molecule is [Li][CH2]CCOCCN1CCCCC1. The fourth-order valence-electron chi connectivity index (χ4n) is 1.73. The zero-order valence-electron chi connectivity index (χ0n) is 8.93. The van der Waals surface area contributed by atoms with E-state index in [9.17, 15) is 0 Å². The molecule has 1 saturated heterocycles. The molecule has 0 radical (unpaired) electrons. The molecular formula is C10H20LiNO. The number of ether oxygens (including phenoxy) is 1. The van der Waals surface area contributed by atoms with Crippen LogP contribution in [0.2, 0.25) is 5.09 Å². The van der Waals surface area contributed by atoms with Gasteiger partial charge in [0.2, 0.25) is 0 Å². The molecule has 0 amide bonds. The van der Waals surface area contributed by atoms with Gasteiger partial charge < -0.3 is 0 Å². The Labute approximate surface area is 91.2 Å². The van der Waals surface area contributed by atoms with E-state index in [2.05, 4.69) is 22.6 Å². The Morgan fingerprint density at radius 2 is 1.85 bits per heavy atom. The van der Waals surface area contributed by atoms with E-state index in [-0.39, 0.29) is 0 Å². The number of hydrogen-bond donors (Lipinski definition) is 0. The Morgan fingerprint density at radius 3 is 2.54 bits per heavy atom. The summed E-state index contributed by atoms with van der Waals surface area (Å²) in [6.07, 6.45) is 5.40. The third kappa shape index (κ3) is 5.75. The first kappa shape index (κ1) is 11.6. The van der Waals surface area contributed by atoms with E-state index >= 15 is 0 Å². The predicted molar refractivity (Wildman–Crippen MR) is 56.3 cm³/mol. The van der Waals surface area contributed by atoms with Crippen LogP contribution in [0.25, 0.3) is 0 Å². The Bertz CT molecular complexity index is 115. The molecular weight excluding hydrogens is 157 g/mol. The van der Waals surface area contributed by atoms with Gasteiger partial charge in [0.25, 0.3) is 0 Å². The van der Waals surface area contributed by atoms with Crippen molar-refractivity contribution in [1.29, 1.82) is 0 Å². The second-order valence-corrected chi connectivity index (χ2v) is 3.87. The van der Waals surface area contributed by atoms with Gasteiger partial charge in [0, 0.05) is 0 Å². The summed E-state index contributed by atoms with van der Waals surface area (Å²) < 4.78 is 5.54. The first-order valence-corrected chi connectivity index (χ1v) is 5.73. The molecule has 1 aliphatic rings. The first-order valence-electron chi connectivity index (χ1n) is 5.73. The van der Waals surface area contributed by atoms with Crippen LogP contribution in [0.5, 0.6) is 0 Å². The average Bonchev–Trinajstić information content (AvgIpc) is 2.19. The Kier molecular flexibility index (Phi) is 7.02. The van der Waals surface area contributed by atoms with Crippen molar-refractivity contribution in [3.05, 3.63) is 0 Å². The second kappa shape index (κ2) is 7.88. The van der Waals surface area contributed by atoms with Gasteiger partial charge in [-0.05, 0) is 0 Å². The van der Waals surface area contributed by atoms with E-state index in [4.69, 9.17) is 4.74 Å². The molecule has 1 heterocycles. The molecule has 0 spiro atoms. The fourth-order valence-corrected chi connectivity index (χ4v) is 1.73. The van der Waals surface area contributed by atoms with Gasteiger partial charge in [-0.25, -0.2) is 0 Å². The average molecular weight is 177 g/mol. The molecule has 1 rings (SSSR count). The van der Waals surface area contributed by atoms with Gasteiger partial charge in [0.05, 0.1) is 0 Å². The van der Waals surface area contributed by atoms with E-state index in [0.29, 0.717) is 0 Å². The van der Waals surface area contributed by atoms with E-state index in [1.807, 2.05) is 0 Å². The third-order valence-electron chi connectivity index (χ3n) is 2.64. The number of nitrogens with zero attached hydrogens (tertiary/aromatic N) is 1. The van der Waals surface area contributed by atoms with Crippen LogP contribution >= 0.6 is 0 Å². The van der Waals surface area contributed by atoms with Crippen molar-refractivity contribution in [1.82, 2.24) is 4.90 Å². The molecule has 0 aromatic carbocycles. The Morgan fingerprint density at radius 1 is 1.08 bits per heavy atom. The molecule has 3 heteroatoms. The van der Waals surface area contributed by atoms with Gasteiger partial charge in [-0.2, -0.15) is 0 Å². The summed E-state index contributed by atoms with van der Waals surface area (Å²) in [7, 11) is 0. The Balaban J connectivity index is 1.86. The summed E-state index contributed by atoms with van der Waals surface area (Å²) in [5.41, 5.74) is 0. The van der Waals surface area contributed by atoms with Crippen molar-refractivity contribution < 1.29 is 4.74 Å². The van der Waals surface area contributed by atoms with Crippen LogP contribution in [0.4, 0.5) is 0 Å². The van der Waals surface area contributed by atoms with Gasteiger partial charge in [0.15, 0.2) is 0 Å². The molecule has 0 aromatic heterocycles. The van der Waals surface area contributed by atoms with Crippen molar-refractivity contribution in [3.8, 4) is 0 Å². The zero-order valence-corrected chi connectivity index (χ0v) is 8.93. The van der Waals surface area contributed by atoms with Crippen LogP contribution in [-0.2, 0) is 4.74 Å². The zero-order chi connectivity index (χ0) is 9.36. The van der Waals surface area contributed by atoms with E-state index in [1.165, 1.54) is 43.9 Å². The summed E-state index contributed by atoms with van der Waals surface area (Å²) in [6.45, 7) is 5.60. The maximum atomic E-state index is 5.54. The van der Waals surface area contributed by atoms with Crippen LogP contribution in [0.3, 0.4) is 0 Å².